The minimum absolute atomic E-state index is 0.0375. The van der Waals surface area contributed by atoms with Gasteiger partial charge in [0.15, 0.2) is 0 Å². The number of thiophene rings is 1. The molecule has 4 rings (SSSR count). The Morgan fingerprint density at radius 2 is 2.29 bits per heavy atom. The number of aryl methyl sites for hydroxylation is 1. The number of amides is 1. The van der Waals surface area contributed by atoms with Crippen LogP contribution in [-0.4, -0.2) is 40.3 Å². The lowest BCUT2D eigenvalue weighted by atomic mass is 9.99. The first-order valence-corrected chi connectivity index (χ1v) is 9.62. The molecule has 2 aromatic rings. The summed E-state index contributed by atoms with van der Waals surface area (Å²) in [4.78, 5) is 15.7. The fraction of sp³-hybridized carbons (Fsp3) is 0.556. The zero-order chi connectivity index (χ0) is 16.5. The Labute approximate surface area is 146 Å². The van der Waals surface area contributed by atoms with E-state index in [0.717, 1.165) is 42.6 Å². The van der Waals surface area contributed by atoms with Crippen LogP contribution in [0, 0.1) is 5.92 Å². The molecule has 1 aliphatic heterocycles. The number of hydrogen-bond acceptors (Lipinski definition) is 4. The first-order valence-electron chi connectivity index (χ1n) is 8.74. The Bertz CT molecular complexity index is 692. The maximum atomic E-state index is 13.0. The standard InChI is InChI=1S/C18H23N3O2S/c1-2-21-17-14(10-19-21)7-8-20(18(22)16-4-3-9-24-16)15(17)12-23-11-13-5-6-13/h3-4,9-10,13,15H,2,5-8,11-12H2,1H3/t15-/m0/s1. The molecular weight excluding hydrogens is 322 g/mol. The number of hydrogen-bond donors (Lipinski definition) is 0. The zero-order valence-electron chi connectivity index (χ0n) is 14.0. The summed E-state index contributed by atoms with van der Waals surface area (Å²) in [7, 11) is 0. The topological polar surface area (TPSA) is 47.4 Å². The van der Waals surface area contributed by atoms with E-state index in [1.165, 1.54) is 29.7 Å². The van der Waals surface area contributed by atoms with Gasteiger partial charge in [-0.2, -0.15) is 5.10 Å². The average molecular weight is 345 g/mol. The second kappa shape index (κ2) is 6.69. The Hall–Kier alpha value is -1.66. The summed E-state index contributed by atoms with van der Waals surface area (Å²) < 4.78 is 8.01. The van der Waals surface area contributed by atoms with Gasteiger partial charge in [-0.3, -0.25) is 9.48 Å². The van der Waals surface area contributed by atoms with E-state index >= 15 is 0 Å². The largest absolute Gasteiger partial charge is 0.379 e. The molecule has 0 saturated heterocycles. The van der Waals surface area contributed by atoms with Crippen molar-refractivity contribution in [3.8, 4) is 0 Å². The lowest BCUT2D eigenvalue weighted by molar-refractivity contribution is 0.0349. The summed E-state index contributed by atoms with van der Waals surface area (Å²) in [6.07, 6.45) is 5.38. The summed E-state index contributed by atoms with van der Waals surface area (Å²) in [5.41, 5.74) is 2.41. The third-order valence-electron chi connectivity index (χ3n) is 4.89. The molecule has 1 atom stereocenters. The molecule has 2 aromatic heterocycles. The van der Waals surface area contributed by atoms with Crippen molar-refractivity contribution in [1.29, 1.82) is 0 Å². The third-order valence-corrected chi connectivity index (χ3v) is 5.75. The monoisotopic (exact) mass is 345 g/mol. The Balaban J connectivity index is 1.60. The average Bonchev–Trinajstić information content (AvgIpc) is 3.11. The SMILES string of the molecule is CCn1ncc2c1[C@H](COCC1CC1)N(C(=O)c1cccs1)CC2. The van der Waals surface area contributed by atoms with Crippen LogP contribution in [0.5, 0.6) is 0 Å². The molecule has 1 aliphatic carbocycles. The van der Waals surface area contributed by atoms with Crippen molar-refractivity contribution in [2.24, 2.45) is 5.92 Å². The molecule has 0 unspecified atom stereocenters. The quantitative estimate of drug-likeness (QED) is 0.808. The molecular formula is C18H23N3O2S. The normalized spacial score (nSPS) is 20.2. The van der Waals surface area contributed by atoms with Crippen molar-refractivity contribution in [1.82, 2.24) is 14.7 Å². The molecule has 0 aromatic carbocycles. The highest BCUT2D eigenvalue weighted by Gasteiger charge is 2.35. The lowest BCUT2D eigenvalue weighted by Gasteiger charge is -2.36. The van der Waals surface area contributed by atoms with E-state index in [1.807, 2.05) is 33.3 Å². The Kier molecular flexibility index (Phi) is 4.41. The van der Waals surface area contributed by atoms with E-state index in [4.69, 9.17) is 4.74 Å². The van der Waals surface area contributed by atoms with Crippen LogP contribution in [0.25, 0.3) is 0 Å². The van der Waals surface area contributed by atoms with Crippen LogP contribution in [0.15, 0.2) is 23.7 Å². The van der Waals surface area contributed by atoms with E-state index in [1.54, 1.807) is 0 Å². The molecule has 128 valence electrons. The van der Waals surface area contributed by atoms with Crippen molar-refractivity contribution < 1.29 is 9.53 Å². The molecule has 24 heavy (non-hydrogen) atoms. The minimum atomic E-state index is -0.0375. The summed E-state index contributed by atoms with van der Waals surface area (Å²) in [5, 5.41) is 6.46. The Morgan fingerprint density at radius 3 is 3.00 bits per heavy atom. The van der Waals surface area contributed by atoms with E-state index in [2.05, 4.69) is 12.0 Å². The van der Waals surface area contributed by atoms with Crippen molar-refractivity contribution in [3.05, 3.63) is 39.8 Å². The molecule has 0 spiro atoms. The molecule has 0 bridgehead atoms. The lowest BCUT2D eigenvalue weighted by Crippen LogP contribution is -2.42. The molecule has 5 nitrogen and oxygen atoms in total. The molecule has 1 amide bonds. The maximum absolute atomic E-state index is 13.0. The van der Waals surface area contributed by atoms with Crippen molar-refractivity contribution in [2.45, 2.75) is 38.8 Å². The number of carbonyl (C=O) groups excluding carboxylic acids is 1. The fourth-order valence-corrected chi connectivity index (χ4v) is 4.07. The maximum Gasteiger partial charge on any atom is 0.264 e. The van der Waals surface area contributed by atoms with E-state index in [-0.39, 0.29) is 11.9 Å². The van der Waals surface area contributed by atoms with Gasteiger partial charge in [-0.25, -0.2) is 0 Å². The fourth-order valence-electron chi connectivity index (χ4n) is 3.39. The van der Waals surface area contributed by atoms with Gasteiger partial charge >= 0.3 is 0 Å². The zero-order valence-corrected chi connectivity index (χ0v) is 14.8. The Morgan fingerprint density at radius 1 is 1.42 bits per heavy atom. The number of nitrogens with zero attached hydrogens (tertiary/aromatic N) is 3. The number of ether oxygens (including phenoxy) is 1. The summed E-state index contributed by atoms with van der Waals surface area (Å²) in [5.74, 6) is 0.838. The minimum Gasteiger partial charge on any atom is -0.379 e. The first kappa shape index (κ1) is 15.8. The van der Waals surface area contributed by atoms with E-state index in [9.17, 15) is 4.79 Å². The summed E-state index contributed by atoms with van der Waals surface area (Å²) in [6.45, 7) is 5.01. The van der Waals surface area contributed by atoms with Crippen molar-refractivity contribution in [3.63, 3.8) is 0 Å². The van der Waals surface area contributed by atoms with Crippen LogP contribution in [0.4, 0.5) is 0 Å². The second-order valence-electron chi connectivity index (χ2n) is 6.59. The van der Waals surface area contributed by atoms with Gasteiger partial charge in [-0.1, -0.05) is 6.07 Å². The van der Waals surface area contributed by atoms with Crippen LogP contribution < -0.4 is 0 Å². The van der Waals surface area contributed by atoms with Gasteiger partial charge in [0.1, 0.15) is 0 Å². The molecule has 1 fully saturated rings. The van der Waals surface area contributed by atoms with Gasteiger partial charge in [-0.15, -0.1) is 11.3 Å². The van der Waals surface area contributed by atoms with E-state index < -0.39 is 0 Å². The van der Waals surface area contributed by atoms with Crippen LogP contribution in [-0.2, 0) is 17.7 Å². The molecule has 3 heterocycles. The summed E-state index contributed by atoms with van der Waals surface area (Å²) in [6, 6.07) is 3.80. The van der Waals surface area contributed by atoms with E-state index in [0.29, 0.717) is 6.61 Å². The summed E-state index contributed by atoms with van der Waals surface area (Å²) >= 11 is 1.50. The van der Waals surface area contributed by atoms with Gasteiger partial charge in [0.25, 0.3) is 5.91 Å². The highest BCUT2D eigenvalue weighted by molar-refractivity contribution is 7.12. The highest BCUT2D eigenvalue weighted by atomic mass is 32.1. The van der Waals surface area contributed by atoms with Crippen molar-refractivity contribution >= 4 is 17.2 Å². The molecule has 2 aliphatic rings. The van der Waals surface area contributed by atoms with Gasteiger partial charge in [0.05, 0.1) is 29.4 Å². The highest BCUT2D eigenvalue weighted by Crippen LogP contribution is 2.33. The predicted octanol–water partition coefficient (Wildman–Crippen LogP) is 3.13. The third kappa shape index (κ3) is 3.00. The molecule has 0 radical (unpaired) electrons. The van der Waals surface area contributed by atoms with Gasteiger partial charge < -0.3 is 9.64 Å². The van der Waals surface area contributed by atoms with Crippen LogP contribution in [0.1, 0.15) is 46.7 Å². The number of aromatic nitrogens is 2. The number of fused-ring (bicyclic) bond motifs is 1. The van der Waals surface area contributed by atoms with Crippen LogP contribution in [0.2, 0.25) is 0 Å². The van der Waals surface area contributed by atoms with Crippen LogP contribution in [0.3, 0.4) is 0 Å². The van der Waals surface area contributed by atoms with Crippen molar-refractivity contribution in [2.75, 3.05) is 19.8 Å². The smallest absolute Gasteiger partial charge is 0.264 e. The molecule has 6 heteroatoms. The van der Waals surface area contributed by atoms with Gasteiger partial charge in [0, 0.05) is 19.7 Å². The molecule has 1 saturated carbocycles. The number of rotatable bonds is 6. The molecule has 0 N–H and O–H groups in total. The van der Waals surface area contributed by atoms with Gasteiger partial charge in [0.2, 0.25) is 0 Å². The predicted molar refractivity (Wildman–Crippen MR) is 93.2 cm³/mol. The number of carbonyl (C=O) groups is 1. The van der Waals surface area contributed by atoms with Crippen LogP contribution >= 0.6 is 11.3 Å². The first-order chi connectivity index (χ1) is 11.8. The van der Waals surface area contributed by atoms with Gasteiger partial charge in [-0.05, 0) is 49.1 Å². The second-order valence-corrected chi connectivity index (χ2v) is 7.54.